The molecule has 0 radical (unpaired) electrons. The number of carbonyl (C=O) groups is 2. The van der Waals surface area contributed by atoms with Gasteiger partial charge in [-0.1, -0.05) is 39.0 Å². The van der Waals surface area contributed by atoms with Gasteiger partial charge in [-0.25, -0.2) is 9.48 Å². The number of ether oxygens (including phenoxy) is 1. The molecule has 0 atom stereocenters. The third-order valence-corrected chi connectivity index (χ3v) is 5.94. The van der Waals surface area contributed by atoms with Crippen LogP contribution in [0, 0.1) is 20.8 Å². The van der Waals surface area contributed by atoms with Crippen LogP contribution in [0.5, 0.6) is 0 Å². The number of amides is 3. The molecular weight excluding hydrogens is 454 g/mol. The van der Waals surface area contributed by atoms with Crippen LogP contribution in [-0.2, 0) is 14.9 Å². The summed E-state index contributed by atoms with van der Waals surface area (Å²) < 4.78 is 6.91. The number of benzene rings is 2. The lowest BCUT2D eigenvalue weighted by Crippen LogP contribution is -2.42. The number of methoxy groups -OCH3 is 1. The zero-order valence-electron chi connectivity index (χ0n) is 22.3. The number of nitrogens with one attached hydrogen (secondary N) is 2. The molecule has 0 bridgehead atoms. The fourth-order valence-corrected chi connectivity index (χ4v) is 3.62. The first-order valence-corrected chi connectivity index (χ1v) is 12.1. The van der Waals surface area contributed by atoms with Crippen molar-refractivity contribution in [3.05, 3.63) is 70.9 Å². The lowest BCUT2D eigenvalue weighted by Gasteiger charge is -2.22. The first-order valence-electron chi connectivity index (χ1n) is 12.1. The molecule has 1 heterocycles. The highest BCUT2D eigenvalue weighted by atomic mass is 16.5. The molecule has 3 rings (SSSR count). The van der Waals surface area contributed by atoms with E-state index in [0.29, 0.717) is 18.1 Å². The third kappa shape index (κ3) is 6.95. The number of urea groups is 1. The standard InChI is InChI=1S/C28H37N5O3/c1-19-9-8-10-23(15-19)33-25(17-24(31-33)28(4,5)6)30-26(34)18-32(13-14-36-7)27(35)29-22-12-11-20(2)21(3)16-22/h8-12,15-17H,13-14,18H2,1-7H3,(H,29,35)(H,30,34). The molecule has 8 nitrogen and oxygen atoms in total. The van der Waals surface area contributed by atoms with Gasteiger partial charge >= 0.3 is 6.03 Å². The summed E-state index contributed by atoms with van der Waals surface area (Å²) in [6, 6.07) is 15.2. The Labute approximate surface area is 213 Å². The average molecular weight is 492 g/mol. The Balaban J connectivity index is 1.81. The Hall–Kier alpha value is -3.65. The van der Waals surface area contributed by atoms with Gasteiger partial charge in [0.15, 0.2) is 0 Å². The van der Waals surface area contributed by atoms with Crippen LogP contribution >= 0.6 is 0 Å². The Kier molecular flexibility index (Phi) is 8.53. The van der Waals surface area contributed by atoms with Gasteiger partial charge in [0, 0.05) is 30.8 Å². The van der Waals surface area contributed by atoms with Crippen LogP contribution in [-0.4, -0.2) is 53.4 Å². The summed E-state index contributed by atoms with van der Waals surface area (Å²) in [6.07, 6.45) is 0. The van der Waals surface area contributed by atoms with E-state index >= 15 is 0 Å². The molecule has 0 aliphatic rings. The predicted molar refractivity (Wildman–Crippen MR) is 144 cm³/mol. The highest BCUT2D eigenvalue weighted by Crippen LogP contribution is 2.26. The molecule has 1 aromatic heterocycles. The molecule has 8 heteroatoms. The molecule has 3 amide bonds. The Morgan fingerprint density at radius 3 is 2.39 bits per heavy atom. The van der Waals surface area contributed by atoms with E-state index in [9.17, 15) is 9.59 Å². The number of nitrogens with zero attached hydrogens (tertiary/aromatic N) is 3. The number of hydrogen-bond acceptors (Lipinski definition) is 4. The minimum absolute atomic E-state index is 0.135. The van der Waals surface area contributed by atoms with E-state index in [1.54, 1.807) is 11.8 Å². The Morgan fingerprint density at radius 2 is 1.75 bits per heavy atom. The third-order valence-electron chi connectivity index (χ3n) is 5.94. The zero-order valence-corrected chi connectivity index (χ0v) is 22.3. The van der Waals surface area contributed by atoms with Gasteiger partial charge in [-0.15, -0.1) is 0 Å². The summed E-state index contributed by atoms with van der Waals surface area (Å²) in [4.78, 5) is 27.6. The smallest absolute Gasteiger partial charge is 0.322 e. The predicted octanol–water partition coefficient (Wildman–Crippen LogP) is 5.21. The van der Waals surface area contributed by atoms with E-state index in [2.05, 4.69) is 31.4 Å². The maximum Gasteiger partial charge on any atom is 0.322 e. The van der Waals surface area contributed by atoms with E-state index in [0.717, 1.165) is 28.1 Å². The second-order valence-corrected chi connectivity index (χ2v) is 10.1. The van der Waals surface area contributed by atoms with Gasteiger partial charge in [0.2, 0.25) is 5.91 Å². The van der Waals surface area contributed by atoms with Crippen molar-refractivity contribution in [3.8, 4) is 5.69 Å². The van der Waals surface area contributed by atoms with Crippen molar-refractivity contribution in [3.63, 3.8) is 0 Å². The first-order chi connectivity index (χ1) is 17.0. The maximum atomic E-state index is 13.1. The number of aryl methyl sites for hydroxylation is 3. The van der Waals surface area contributed by atoms with Crippen LogP contribution in [0.3, 0.4) is 0 Å². The number of carbonyl (C=O) groups excluding carboxylic acids is 2. The highest BCUT2D eigenvalue weighted by Gasteiger charge is 2.23. The van der Waals surface area contributed by atoms with Crippen molar-refractivity contribution in [1.29, 1.82) is 0 Å². The van der Waals surface area contributed by atoms with Crippen molar-refractivity contribution in [1.82, 2.24) is 14.7 Å². The molecule has 0 unspecified atom stereocenters. The minimum atomic E-state index is -0.368. The number of anilines is 2. The summed E-state index contributed by atoms with van der Waals surface area (Å²) in [5, 5.41) is 10.6. The SMILES string of the molecule is COCCN(CC(=O)Nc1cc(C(C)(C)C)nn1-c1cccc(C)c1)C(=O)Nc1ccc(C)c(C)c1. The second kappa shape index (κ2) is 11.4. The van der Waals surface area contributed by atoms with Crippen LogP contribution in [0.25, 0.3) is 5.69 Å². The van der Waals surface area contributed by atoms with Gasteiger partial charge in [0.1, 0.15) is 12.4 Å². The highest BCUT2D eigenvalue weighted by molar-refractivity contribution is 5.96. The minimum Gasteiger partial charge on any atom is -0.383 e. The summed E-state index contributed by atoms with van der Waals surface area (Å²) in [7, 11) is 1.56. The molecule has 2 N–H and O–H groups in total. The van der Waals surface area contributed by atoms with Gasteiger partial charge < -0.3 is 20.3 Å². The fraction of sp³-hybridized carbons (Fsp3) is 0.393. The molecule has 0 spiro atoms. The van der Waals surface area contributed by atoms with Crippen LogP contribution in [0.1, 0.15) is 43.2 Å². The quantitative estimate of drug-likeness (QED) is 0.453. The van der Waals surface area contributed by atoms with Crippen LogP contribution < -0.4 is 10.6 Å². The van der Waals surface area contributed by atoms with Crippen molar-refractivity contribution in [2.45, 2.75) is 47.0 Å². The van der Waals surface area contributed by atoms with Gasteiger partial charge in [0.25, 0.3) is 0 Å². The molecule has 0 saturated heterocycles. The molecule has 0 saturated carbocycles. The van der Waals surface area contributed by atoms with Gasteiger partial charge in [-0.2, -0.15) is 5.10 Å². The van der Waals surface area contributed by atoms with Crippen LogP contribution in [0.4, 0.5) is 16.3 Å². The molecule has 0 aliphatic carbocycles. The van der Waals surface area contributed by atoms with Gasteiger partial charge in [0.05, 0.1) is 18.0 Å². The lowest BCUT2D eigenvalue weighted by atomic mass is 9.92. The monoisotopic (exact) mass is 491 g/mol. The molecule has 36 heavy (non-hydrogen) atoms. The van der Waals surface area contributed by atoms with Crippen LogP contribution in [0.2, 0.25) is 0 Å². The topological polar surface area (TPSA) is 88.5 Å². The van der Waals surface area contributed by atoms with Crippen molar-refractivity contribution in [2.24, 2.45) is 0 Å². The number of rotatable bonds is 8. The average Bonchev–Trinajstić information content (AvgIpc) is 3.23. The molecule has 0 fully saturated rings. The summed E-state index contributed by atoms with van der Waals surface area (Å²) in [5.41, 5.74) is 5.49. The zero-order chi connectivity index (χ0) is 26.5. The van der Waals surface area contributed by atoms with E-state index < -0.39 is 0 Å². The lowest BCUT2D eigenvalue weighted by molar-refractivity contribution is -0.116. The molecule has 3 aromatic rings. The van der Waals surface area contributed by atoms with Gasteiger partial charge in [-0.3, -0.25) is 4.79 Å². The van der Waals surface area contributed by atoms with Crippen molar-refractivity contribution < 1.29 is 14.3 Å². The summed E-state index contributed by atoms with van der Waals surface area (Å²) in [5.74, 6) is 0.229. The van der Waals surface area contributed by atoms with E-state index in [1.807, 2.05) is 69.3 Å². The van der Waals surface area contributed by atoms with E-state index in [1.165, 1.54) is 4.90 Å². The van der Waals surface area contributed by atoms with Crippen molar-refractivity contribution >= 4 is 23.4 Å². The van der Waals surface area contributed by atoms with E-state index in [4.69, 9.17) is 9.84 Å². The molecular formula is C28H37N5O3. The van der Waals surface area contributed by atoms with Gasteiger partial charge in [-0.05, 0) is 61.7 Å². The summed E-state index contributed by atoms with van der Waals surface area (Å²) >= 11 is 0. The number of aromatic nitrogens is 2. The first kappa shape index (κ1) is 26.9. The van der Waals surface area contributed by atoms with Crippen LogP contribution in [0.15, 0.2) is 48.5 Å². The largest absolute Gasteiger partial charge is 0.383 e. The van der Waals surface area contributed by atoms with Crippen molar-refractivity contribution in [2.75, 3.05) is 37.4 Å². The molecule has 0 aliphatic heterocycles. The molecule has 192 valence electrons. The summed E-state index contributed by atoms with van der Waals surface area (Å²) in [6.45, 7) is 12.7. The normalized spacial score (nSPS) is 11.3. The Bertz CT molecular complexity index is 1230. The maximum absolute atomic E-state index is 13.1. The second-order valence-electron chi connectivity index (χ2n) is 10.1. The number of hydrogen-bond donors (Lipinski definition) is 2. The molecule has 2 aromatic carbocycles. The Morgan fingerprint density at radius 1 is 1.00 bits per heavy atom. The van der Waals surface area contributed by atoms with E-state index in [-0.39, 0.29) is 30.4 Å². The fourth-order valence-electron chi connectivity index (χ4n) is 3.62.